The molecule has 0 unspecified atom stereocenters. The summed E-state index contributed by atoms with van der Waals surface area (Å²) in [6, 6.07) is -0.250. The second-order valence-corrected chi connectivity index (χ2v) is 13.6. The number of aliphatic hydroxyl groups excluding tert-OH is 1. The summed E-state index contributed by atoms with van der Waals surface area (Å²) in [7, 11) is 0. The van der Waals surface area contributed by atoms with Gasteiger partial charge in [-0.2, -0.15) is 0 Å². The summed E-state index contributed by atoms with van der Waals surface area (Å²) in [4.78, 5) is 25.1. The first kappa shape index (κ1) is 43.9. The Morgan fingerprint density at radius 3 is 1.24 bits per heavy atom. The van der Waals surface area contributed by atoms with Crippen LogP contribution in [0.5, 0.6) is 0 Å². The molecule has 6 heteroatoms. The minimum atomic E-state index is -0.376. The van der Waals surface area contributed by atoms with Crippen molar-refractivity contribution in [2.75, 3.05) is 19.8 Å². The quantitative estimate of drug-likeness (QED) is 0.0596. The van der Waals surface area contributed by atoms with Crippen molar-refractivity contribution >= 4 is 11.8 Å². The van der Waals surface area contributed by atoms with Crippen LogP contribution < -0.4 is 10.6 Å². The largest absolute Gasteiger partial charge is 0.394 e. The number of aliphatic hydroxyl groups is 1. The van der Waals surface area contributed by atoms with Gasteiger partial charge in [-0.15, -0.1) is 0 Å². The Bertz CT molecular complexity index is 630. The van der Waals surface area contributed by atoms with E-state index in [-0.39, 0.29) is 30.5 Å². The molecule has 0 spiro atoms. The van der Waals surface area contributed by atoms with E-state index in [9.17, 15) is 14.7 Å². The molecule has 0 aromatic carbocycles. The maximum Gasteiger partial charge on any atom is 0.220 e. The predicted molar refractivity (Wildman–Crippen MR) is 193 cm³/mol. The fraction of sp³-hybridized carbons (Fsp3) is 0.949. The SMILES string of the molecule is CCCCCCCCCCCCCC(=O)N[C@@H](CO)COCC[C@H](CCCCCCC)NC(=O)CCCCCCCCCCC. The first-order valence-corrected chi connectivity index (χ1v) is 19.8. The lowest BCUT2D eigenvalue weighted by Crippen LogP contribution is -2.41. The lowest BCUT2D eigenvalue weighted by atomic mass is 10.0. The first-order valence-electron chi connectivity index (χ1n) is 19.8. The van der Waals surface area contributed by atoms with Crippen LogP contribution in [-0.4, -0.2) is 48.8 Å². The summed E-state index contributed by atoms with van der Waals surface area (Å²) >= 11 is 0. The minimum absolute atomic E-state index is 0.00212. The molecule has 0 saturated carbocycles. The van der Waals surface area contributed by atoms with E-state index in [0.717, 1.165) is 44.9 Å². The number of carbonyl (C=O) groups is 2. The van der Waals surface area contributed by atoms with Gasteiger partial charge in [0.25, 0.3) is 0 Å². The van der Waals surface area contributed by atoms with Gasteiger partial charge in [0, 0.05) is 25.5 Å². The van der Waals surface area contributed by atoms with Gasteiger partial charge in [-0.05, 0) is 25.7 Å². The lowest BCUT2D eigenvalue weighted by molar-refractivity contribution is -0.123. The monoisotopic (exact) mass is 639 g/mol. The molecule has 0 saturated heterocycles. The average molecular weight is 639 g/mol. The molecule has 3 N–H and O–H groups in total. The molecule has 0 aromatic rings. The van der Waals surface area contributed by atoms with Gasteiger partial charge in [0.1, 0.15) is 0 Å². The van der Waals surface area contributed by atoms with E-state index in [2.05, 4.69) is 31.4 Å². The molecule has 0 aliphatic rings. The molecule has 0 rings (SSSR count). The molecule has 0 heterocycles. The Morgan fingerprint density at radius 1 is 0.489 bits per heavy atom. The Balaban J connectivity index is 4.15. The summed E-state index contributed by atoms with van der Waals surface area (Å²) < 4.78 is 5.89. The zero-order chi connectivity index (χ0) is 33.1. The summed E-state index contributed by atoms with van der Waals surface area (Å²) in [5.41, 5.74) is 0. The van der Waals surface area contributed by atoms with Gasteiger partial charge >= 0.3 is 0 Å². The molecule has 2 amide bonds. The fourth-order valence-corrected chi connectivity index (χ4v) is 6.02. The summed E-state index contributed by atoms with van der Waals surface area (Å²) in [5.74, 6) is 0.168. The van der Waals surface area contributed by atoms with E-state index in [4.69, 9.17) is 4.74 Å². The van der Waals surface area contributed by atoms with Crippen LogP contribution in [0.4, 0.5) is 0 Å². The molecule has 0 aliphatic heterocycles. The molecule has 6 nitrogen and oxygen atoms in total. The zero-order valence-electron chi connectivity index (χ0n) is 30.5. The molecule has 0 aromatic heterocycles. The van der Waals surface area contributed by atoms with E-state index < -0.39 is 0 Å². The minimum Gasteiger partial charge on any atom is -0.394 e. The van der Waals surface area contributed by atoms with Crippen molar-refractivity contribution in [3.05, 3.63) is 0 Å². The second kappa shape index (κ2) is 35.7. The van der Waals surface area contributed by atoms with Gasteiger partial charge in [0.15, 0.2) is 0 Å². The molecule has 0 fully saturated rings. The molecule has 45 heavy (non-hydrogen) atoms. The highest BCUT2D eigenvalue weighted by Gasteiger charge is 2.15. The van der Waals surface area contributed by atoms with Gasteiger partial charge in [-0.25, -0.2) is 0 Å². The number of amides is 2. The van der Waals surface area contributed by atoms with Gasteiger partial charge in [-0.3, -0.25) is 9.59 Å². The van der Waals surface area contributed by atoms with Crippen LogP contribution >= 0.6 is 0 Å². The standard InChI is InChI=1S/C39H78N2O4/c1-4-7-10-13-15-17-18-20-22-25-28-31-39(44)41-37(34-42)35-45-33-32-36(29-26-23-12-9-6-3)40-38(43)30-27-24-21-19-16-14-11-8-5-2/h36-37,42H,4-35H2,1-3H3,(H,40,43)(H,41,44)/t36-,37-/m0/s1. The van der Waals surface area contributed by atoms with E-state index in [1.807, 2.05) is 0 Å². The molecular weight excluding hydrogens is 560 g/mol. The molecule has 268 valence electrons. The van der Waals surface area contributed by atoms with Crippen molar-refractivity contribution in [1.82, 2.24) is 10.6 Å². The van der Waals surface area contributed by atoms with Crippen LogP contribution in [-0.2, 0) is 14.3 Å². The topological polar surface area (TPSA) is 87.7 Å². The van der Waals surface area contributed by atoms with Crippen molar-refractivity contribution < 1.29 is 19.4 Å². The van der Waals surface area contributed by atoms with Crippen LogP contribution in [0, 0.1) is 0 Å². The molecular formula is C39H78N2O4. The van der Waals surface area contributed by atoms with Crippen molar-refractivity contribution in [3.63, 3.8) is 0 Å². The lowest BCUT2D eigenvalue weighted by Gasteiger charge is -2.21. The van der Waals surface area contributed by atoms with Gasteiger partial charge < -0.3 is 20.5 Å². The van der Waals surface area contributed by atoms with Crippen LogP contribution in [0.25, 0.3) is 0 Å². The highest BCUT2D eigenvalue weighted by Crippen LogP contribution is 2.14. The third-order valence-electron chi connectivity index (χ3n) is 9.05. The maximum absolute atomic E-state index is 12.7. The number of rotatable bonds is 36. The highest BCUT2D eigenvalue weighted by atomic mass is 16.5. The molecule has 2 atom stereocenters. The van der Waals surface area contributed by atoms with Crippen molar-refractivity contribution in [1.29, 1.82) is 0 Å². The van der Waals surface area contributed by atoms with Crippen LogP contribution in [0.1, 0.15) is 207 Å². The molecule has 0 bridgehead atoms. The Hall–Kier alpha value is -1.14. The van der Waals surface area contributed by atoms with E-state index in [1.54, 1.807) is 0 Å². The van der Waals surface area contributed by atoms with E-state index in [0.29, 0.717) is 26.1 Å². The van der Waals surface area contributed by atoms with Gasteiger partial charge in [0.05, 0.1) is 19.3 Å². The Labute approximate surface area is 280 Å². The van der Waals surface area contributed by atoms with E-state index >= 15 is 0 Å². The molecule has 0 radical (unpaired) electrons. The van der Waals surface area contributed by atoms with Crippen LogP contribution in [0.15, 0.2) is 0 Å². The van der Waals surface area contributed by atoms with Crippen LogP contribution in [0.2, 0.25) is 0 Å². The number of hydrogen-bond acceptors (Lipinski definition) is 4. The predicted octanol–water partition coefficient (Wildman–Crippen LogP) is 10.3. The van der Waals surface area contributed by atoms with Crippen molar-refractivity contribution in [2.24, 2.45) is 0 Å². The third-order valence-corrected chi connectivity index (χ3v) is 9.05. The number of unbranched alkanes of at least 4 members (excludes halogenated alkanes) is 22. The maximum atomic E-state index is 12.7. The van der Waals surface area contributed by atoms with Gasteiger partial charge in [-0.1, -0.05) is 168 Å². The van der Waals surface area contributed by atoms with Gasteiger partial charge in [0.2, 0.25) is 11.8 Å². The van der Waals surface area contributed by atoms with Crippen molar-refractivity contribution in [2.45, 2.75) is 219 Å². The smallest absolute Gasteiger partial charge is 0.220 e. The number of hydrogen-bond donors (Lipinski definition) is 3. The zero-order valence-corrected chi connectivity index (χ0v) is 30.5. The Morgan fingerprint density at radius 2 is 0.844 bits per heavy atom. The van der Waals surface area contributed by atoms with Crippen molar-refractivity contribution in [3.8, 4) is 0 Å². The molecule has 0 aliphatic carbocycles. The normalized spacial score (nSPS) is 12.7. The van der Waals surface area contributed by atoms with Crippen LogP contribution in [0.3, 0.4) is 0 Å². The fourth-order valence-electron chi connectivity index (χ4n) is 6.02. The van der Waals surface area contributed by atoms with E-state index in [1.165, 1.54) is 128 Å². The number of carbonyl (C=O) groups excluding carboxylic acids is 2. The average Bonchev–Trinajstić information content (AvgIpc) is 3.03. The first-order chi connectivity index (χ1) is 22.1. The summed E-state index contributed by atoms with van der Waals surface area (Å²) in [5, 5.41) is 16.0. The third kappa shape index (κ3) is 32.6. The number of nitrogens with one attached hydrogen (secondary N) is 2. The Kier molecular flexibility index (Phi) is 34.8. The highest BCUT2D eigenvalue weighted by molar-refractivity contribution is 5.76. The summed E-state index contributed by atoms with van der Waals surface area (Å²) in [6.07, 6.45) is 34.2. The second-order valence-electron chi connectivity index (χ2n) is 13.6. The summed E-state index contributed by atoms with van der Waals surface area (Å²) in [6.45, 7) is 7.44. The number of ether oxygens (including phenoxy) is 1.